The van der Waals surface area contributed by atoms with Crippen LogP contribution < -0.4 is 9.80 Å². The zero-order valence-electron chi connectivity index (χ0n) is 17.1. The molecule has 0 aliphatic carbocycles. The van der Waals surface area contributed by atoms with E-state index in [1.165, 1.54) is 12.1 Å². The van der Waals surface area contributed by atoms with Crippen molar-refractivity contribution in [3.63, 3.8) is 0 Å². The van der Waals surface area contributed by atoms with E-state index in [4.69, 9.17) is 4.74 Å². The molecule has 0 unspecified atom stereocenters. The number of nitrogens with zero attached hydrogens (tertiary/aromatic N) is 3. The minimum atomic E-state index is -0.745. The van der Waals surface area contributed by atoms with Gasteiger partial charge in [0.05, 0.1) is 16.2 Å². The summed E-state index contributed by atoms with van der Waals surface area (Å²) in [4.78, 5) is 39.7. The monoisotopic (exact) mass is 411 g/mol. The average molecular weight is 411 g/mol. The van der Waals surface area contributed by atoms with Crippen LogP contribution in [0.4, 0.5) is 17.1 Å². The van der Waals surface area contributed by atoms with Crippen LogP contribution in [0.5, 0.6) is 0 Å². The van der Waals surface area contributed by atoms with Crippen LogP contribution in [0.25, 0.3) is 0 Å². The van der Waals surface area contributed by atoms with E-state index in [1.807, 2.05) is 49.1 Å². The molecule has 1 fully saturated rings. The van der Waals surface area contributed by atoms with E-state index in [9.17, 15) is 19.7 Å². The first-order chi connectivity index (χ1) is 14.4. The number of para-hydroxylation sites is 1. The number of hydrogen-bond acceptors (Lipinski definition) is 6. The van der Waals surface area contributed by atoms with Gasteiger partial charge in [0, 0.05) is 37.0 Å². The quantitative estimate of drug-likeness (QED) is 0.391. The van der Waals surface area contributed by atoms with Crippen molar-refractivity contribution in [3.8, 4) is 0 Å². The van der Waals surface area contributed by atoms with Gasteiger partial charge in [-0.15, -0.1) is 0 Å². The number of esters is 1. The number of carbonyl (C=O) groups excluding carboxylic acids is 2. The molecule has 0 spiro atoms. The molecule has 2 aromatic rings. The fourth-order valence-corrected chi connectivity index (χ4v) is 3.63. The Morgan fingerprint density at radius 1 is 1.13 bits per heavy atom. The molecular weight excluding hydrogens is 386 g/mol. The molecule has 8 nitrogen and oxygen atoms in total. The summed E-state index contributed by atoms with van der Waals surface area (Å²) in [7, 11) is 0. The zero-order valence-corrected chi connectivity index (χ0v) is 17.1. The van der Waals surface area contributed by atoms with Crippen LogP contribution >= 0.6 is 0 Å². The van der Waals surface area contributed by atoms with Crippen molar-refractivity contribution < 1.29 is 19.2 Å². The molecule has 0 saturated carbocycles. The van der Waals surface area contributed by atoms with Crippen LogP contribution in [0.2, 0.25) is 0 Å². The number of hydrogen-bond donors (Lipinski definition) is 0. The second-order valence-electron chi connectivity index (χ2n) is 7.42. The van der Waals surface area contributed by atoms with Gasteiger partial charge in [-0.25, -0.2) is 4.79 Å². The molecule has 1 amide bonds. The Bertz CT molecular complexity index is 924. The van der Waals surface area contributed by atoms with E-state index in [-0.39, 0.29) is 23.2 Å². The Morgan fingerprint density at radius 2 is 1.80 bits per heavy atom. The lowest BCUT2D eigenvalue weighted by molar-refractivity contribution is -0.384. The number of rotatable bonds is 7. The summed E-state index contributed by atoms with van der Waals surface area (Å²) in [5.41, 5.74) is 1.22. The van der Waals surface area contributed by atoms with E-state index in [0.717, 1.165) is 25.9 Å². The van der Waals surface area contributed by atoms with Crippen molar-refractivity contribution in [3.05, 3.63) is 64.2 Å². The Hall–Kier alpha value is -3.42. The standard InChI is InChI=1S/C22H25N3O5/c1-16(2)24(17-8-4-3-5-9-17)21(26)15-30-22(27)19-14-18(25(28)29)10-11-20(19)23-12-6-7-13-23/h3-5,8-11,14,16H,6-7,12-13,15H2,1-2H3. The molecule has 0 bridgehead atoms. The highest BCUT2D eigenvalue weighted by Gasteiger charge is 2.25. The van der Waals surface area contributed by atoms with Crippen LogP contribution in [0, 0.1) is 10.1 Å². The van der Waals surface area contributed by atoms with Gasteiger partial charge in [-0.2, -0.15) is 0 Å². The van der Waals surface area contributed by atoms with Gasteiger partial charge in [-0.3, -0.25) is 14.9 Å². The average Bonchev–Trinajstić information content (AvgIpc) is 3.27. The maximum Gasteiger partial charge on any atom is 0.341 e. The van der Waals surface area contributed by atoms with E-state index in [2.05, 4.69) is 0 Å². The second-order valence-corrected chi connectivity index (χ2v) is 7.42. The van der Waals surface area contributed by atoms with E-state index >= 15 is 0 Å². The van der Waals surface area contributed by atoms with Crippen LogP contribution in [0.15, 0.2) is 48.5 Å². The highest BCUT2D eigenvalue weighted by atomic mass is 16.6. The summed E-state index contributed by atoms with van der Waals surface area (Å²) in [5, 5.41) is 11.2. The van der Waals surface area contributed by atoms with Crippen LogP contribution in [-0.2, 0) is 9.53 Å². The van der Waals surface area contributed by atoms with Gasteiger partial charge in [0.1, 0.15) is 0 Å². The van der Waals surface area contributed by atoms with E-state index in [0.29, 0.717) is 11.4 Å². The maximum atomic E-state index is 12.8. The molecule has 1 saturated heterocycles. The SMILES string of the molecule is CC(C)N(C(=O)COC(=O)c1cc([N+](=O)[O-])ccc1N1CCCC1)c1ccccc1. The van der Waals surface area contributed by atoms with Crippen molar-refractivity contribution >= 4 is 28.9 Å². The number of anilines is 2. The molecule has 3 rings (SSSR count). The molecule has 0 N–H and O–H groups in total. The summed E-state index contributed by atoms with van der Waals surface area (Å²) in [6.07, 6.45) is 1.98. The minimum Gasteiger partial charge on any atom is -0.452 e. The Labute approximate surface area is 175 Å². The van der Waals surface area contributed by atoms with Gasteiger partial charge in [0.2, 0.25) is 0 Å². The second kappa shape index (κ2) is 9.39. The number of nitro benzene ring substituents is 1. The molecule has 0 atom stereocenters. The third-order valence-corrected chi connectivity index (χ3v) is 5.00. The number of carbonyl (C=O) groups is 2. The predicted octanol–water partition coefficient (Wildman–Crippen LogP) is 3.79. The first kappa shape index (κ1) is 21.3. The lowest BCUT2D eigenvalue weighted by atomic mass is 10.1. The van der Waals surface area contributed by atoms with E-state index in [1.54, 1.807) is 11.0 Å². The van der Waals surface area contributed by atoms with Crippen molar-refractivity contribution in [2.24, 2.45) is 0 Å². The summed E-state index contributed by atoms with van der Waals surface area (Å²) in [5.74, 6) is -1.11. The summed E-state index contributed by atoms with van der Waals surface area (Å²) in [6.45, 7) is 4.84. The van der Waals surface area contributed by atoms with Gasteiger partial charge in [-0.1, -0.05) is 18.2 Å². The van der Waals surface area contributed by atoms with Gasteiger partial charge in [0.15, 0.2) is 6.61 Å². The van der Waals surface area contributed by atoms with Gasteiger partial charge in [0.25, 0.3) is 11.6 Å². The summed E-state index contributed by atoms with van der Waals surface area (Å²) in [6, 6.07) is 13.2. The number of non-ortho nitro benzene ring substituents is 1. The first-order valence-corrected chi connectivity index (χ1v) is 9.96. The molecule has 1 heterocycles. The fraction of sp³-hybridized carbons (Fsp3) is 0.364. The fourth-order valence-electron chi connectivity index (χ4n) is 3.63. The van der Waals surface area contributed by atoms with Crippen LogP contribution in [0.3, 0.4) is 0 Å². The molecule has 8 heteroatoms. The maximum absolute atomic E-state index is 12.8. The minimum absolute atomic E-state index is 0.106. The number of amides is 1. The molecule has 1 aliphatic heterocycles. The number of nitro groups is 1. The van der Waals surface area contributed by atoms with Gasteiger partial charge < -0.3 is 14.5 Å². The third-order valence-electron chi connectivity index (χ3n) is 5.00. The molecule has 158 valence electrons. The Kier molecular flexibility index (Phi) is 6.66. The van der Waals surface area contributed by atoms with Crippen molar-refractivity contribution in [1.82, 2.24) is 0 Å². The smallest absolute Gasteiger partial charge is 0.341 e. The van der Waals surface area contributed by atoms with Crippen LogP contribution in [-0.4, -0.2) is 42.5 Å². The van der Waals surface area contributed by atoms with E-state index < -0.39 is 17.5 Å². The topological polar surface area (TPSA) is 93.0 Å². The Balaban J connectivity index is 1.78. The Morgan fingerprint density at radius 3 is 2.40 bits per heavy atom. The highest BCUT2D eigenvalue weighted by molar-refractivity contribution is 6.00. The number of benzene rings is 2. The highest BCUT2D eigenvalue weighted by Crippen LogP contribution is 2.29. The molecular formula is C22H25N3O5. The summed E-state index contributed by atoms with van der Waals surface area (Å²) >= 11 is 0. The molecule has 2 aromatic carbocycles. The van der Waals surface area contributed by atoms with Crippen LogP contribution in [0.1, 0.15) is 37.0 Å². The van der Waals surface area contributed by atoms with Crippen molar-refractivity contribution in [1.29, 1.82) is 0 Å². The first-order valence-electron chi connectivity index (χ1n) is 9.96. The summed E-state index contributed by atoms with van der Waals surface area (Å²) < 4.78 is 5.30. The molecule has 0 aromatic heterocycles. The number of ether oxygens (including phenoxy) is 1. The largest absolute Gasteiger partial charge is 0.452 e. The predicted molar refractivity (Wildman–Crippen MR) is 114 cm³/mol. The normalized spacial score (nSPS) is 13.4. The molecule has 0 radical (unpaired) electrons. The molecule has 1 aliphatic rings. The zero-order chi connectivity index (χ0) is 21.7. The molecule has 30 heavy (non-hydrogen) atoms. The van der Waals surface area contributed by atoms with Crippen molar-refractivity contribution in [2.75, 3.05) is 29.5 Å². The lowest BCUT2D eigenvalue weighted by Crippen LogP contribution is -2.40. The lowest BCUT2D eigenvalue weighted by Gasteiger charge is -2.27. The van der Waals surface area contributed by atoms with Gasteiger partial charge >= 0.3 is 5.97 Å². The van der Waals surface area contributed by atoms with Gasteiger partial charge in [-0.05, 0) is 44.9 Å². The van der Waals surface area contributed by atoms with Crippen molar-refractivity contribution in [2.45, 2.75) is 32.7 Å². The third kappa shape index (κ3) is 4.76.